The van der Waals surface area contributed by atoms with Gasteiger partial charge in [0.15, 0.2) is 0 Å². The van der Waals surface area contributed by atoms with Crippen LogP contribution in [0.25, 0.3) is 0 Å². The molecule has 0 spiro atoms. The Kier molecular flexibility index (Phi) is 5.04. The molecule has 21 heavy (non-hydrogen) atoms. The summed E-state index contributed by atoms with van der Waals surface area (Å²) in [6.07, 6.45) is 2.73. The summed E-state index contributed by atoms with van der Waals surface area (Å²) in [6, 6.07) is 5.16. The zero-order chi connectivity index (χ0) is 15.5. The van der Waals surface area contributed by atoms with Crippen molar-refractivity contribution in [3.05, 3.63) is 29.3 Å². The molecular weight excluding hydrogens is 286 g/mol. The van der Waals surface area contributed by atoms with Crippen LogP contribution in [0, 0.1) is 18.8 Å². The summed E-state index contributed by atoms with van der Waals surface area (Å²) in [6.45, 7) is 4.19. The molecule has 1 aromatic rings. The minimum atomic E-state index is -3.42. The lowest BCUT2D eigenvalue weighted by Crippen LogP contribution is -2.33. The molecule has 2 rings (SSSR count). The van der Waals surface area contributed by atoms with Gasteiger partial charge in [0.2, 0.25) is 10.0 Å². The smallest absolute Gasteiger partial charge is 0.243 e. The van der Waals surface area contributed by atoms with Gasteiger partial charge in [-0.2, -0.15) is 4.31 Å². The number of nitrogens with zero attached hydrogens (tertiary/aromatic N) is 1. The van der Waals surface area contributed by atoms with Crippen molar-refractivity contribution < 1.29 is 13.5 Å². The van der Waals surface area contributed by atoms with Crippen molar-refractivity contribution >= 4 is 10.0 Å². The van der Waals surface area contributed by atoms with E-state index < -0.39 is 10.0 Å². The maximum atomic E-state index is 12.7. The van der Waals surface area contributed by atoms with E-state index in [4.69, 9.17) is 5.11 Å². The average molecular weight is 307 g/mol. The molecule has 114 valence electrons. The van der Waals surface area contributed by atoms with Crippen LogP contribution in [0.15, 0.2) is 23.1 Å². The summed E-state index contributed by atoms with van der Waals surface area (Å²) in [5.41, 5.74) is 1.56. The van der Waals surface area contributed by atoms with E-state index in [9.17, 15) is 8.42 Å². The molecule has 1 aliphatic carbocycles. The van der Waals surface area contributed by atoms with E-state index in [1.54, 1.807) is 22.5 Å². The monoisotopic (exact) mass is 307 g/mol. The Labute approximate surface area is 126 Å². The molecule has 0 atom stereocenters. The summed E-state index contributed by atoms with van der Waals surface area (Å²) >= 11 is 0. The van der Waals surface area contributed by atoms with Crippen LogP contribution in [-0.2, 0) is 10.0 Å². The lowest BCUT2D eigenvalue weighted by Gasteiger charge is -2.21. The highest BCUT2D eigenvalue weighted by atomic mass is 32.2. The topological polar surface area (TPSA) is 57.6 Å². The fraction of sp³-hybridized carbons (Fsp3) is 0.500. The molecule has 0 radical (unpaired) electrons. The lowest BCUT2D eigenvalue weighted by molar-refractivity contribution is 0.350. The summed E-state index contributed by atoms with van der Waals surface area (Å²) in [5.74, 6) is 5.40. The van der Waals surface area contributed by atoms with Gasteiger partial charge in [0.1, 0.15) is 6.61 Å². The second-order valence-electron chi connectivity index (χ2n) is 5.28. The van der Waals surface area contributed by atoms with Crippen molar-refractivity contribution in [3.8, 4) is 11.8 Å². The molecule has 0 saturated heterocycles. The first-order valence-corrected chi connectivity index (χ1v) is 8.67. The largest absolute Gasteiger partial charge is 0.384 e. The summed E-state index contributed by atoms with van der Waals surface area (Å²) < 4.78 is 27.1. The number of benzene rings is 1. The van der Waals surface area contributed by atoms with Crippen LogP contribution < -0.4 is 0 Å². The second kappa shape index (κ2) is 6.61. The SMILES string of the molecule is CCCN(C1CC1)S(=O)(=O)c1ccc(C#CCO)c(C)c1. The Morgan fingerprint density at radius 1 is 1.38 bits per heavy atom. The predicted octanol–water partition coefficient (Wildman–Crippen LogP) is 1.90. The number of rotatable bonds is 5. The Bertz CT molecular complexity index is 666. The molecule has 0 aliphatic heterocycles. The Morgan fingerprint density at radius 2 is 2.10 bits per heavy atom. The van der Waals surface area contributed by atoms with Gasteiger partial charge >= 0.3 is 0 Å². The first-order valence-electron chi connectivity index (χ1n) is 7.23. The summed E-state index contributed by atoms with van der Waals surface area (Å²) in [5, 5.41) is 8.73. The molecule has 4 nitrogen and oxygen atoms in total. The second-order valence-corrected chi connectivity index (χ2v) is 7.17. The fourth-order valence-electron chi connectivity index (χ4n) is 2.29. The number of aliphatic hydroxyl groups is 1. The zero-order valence-electron chi connectivity index (χ0n) is 12.5. The van der Waals surface area contributed by atoms with Crippen LogP contribution in [0.1, 0.15) is 37.3 Å². The van der Waals surface area contributed by atoms with E-state index in [0.29, 0.717) is 11.4 Å². The third kappa shape index (κ3) is 3.65. The van der Waals surface area contributed by atoms with Crippen LogP contribution in [0.2, 0.25) is 0 Å². The molecule has 1 fully saturated rings. The number of aliphatic hydroxyl groups excluding tert-OH is 1. The fourth-order valence-corrected chi connectivity index (χ4v) is 4.15. The van der Waals surface area contributed by atoms with E-state index in [0.717, 1.165) is 30.4 Å². The van der Waals surface area contributed by atoms with Crippen LogP contribution >= 0.6 is 0 Å². The molecule has 1 aromatic carbocycles. The number of hydrogen-bond acceptors (Lipinski definition) is 3. The maximum absolute atomic E-state index is 12.7. The molecule has 1 saturated carbocycles. The van der Waals surface area contributed by atoms with Crippen molar-refractivity contribution in [1.82, 2.24) is 4.31 Å². The molecule has 0 amide bonds. The van der Waals surface area contributed by atoms with Crippen molar-refractivity contribution in [2.75, 3.05) is 13.2 Å². The lowest BCUT2D eigenvalue weighted by atomic mass is 10.1. The summed E-state index contributed by atoms with van der Waals surface area (Å²) in [7, 11) is -3.42. The van der Waals surface area contributed by atoms with Gasteiger partial charge < -0.3 is 5.11 Å². The van der Waals surface area contributed by atoms with Crippen LogP contribution in [0.3, 0.4) is 0 Å². The molecule has 0 heterocycles. The predicted molar refractivity (Wildman–Crippen MR) is 82.3 cm³/mol. The van der Waals surface area contributed by atoms with Gasteiger partial charge in [0, 0.05) is 18.2 Å². The quantitative estimate of drug-likeness (QED) is 0.845. The molecule has 1 aliphatic rings. The molecule has 0 bridgehead atoms. The van der Waals surface area contributed by atoms with Gasteiger partial charge in [-0.05, 0) is 49.9 Å². The highest BCUT2D eigenvalue weighted by Gasteiger charge is 2.37. The van der Waals surface area contributed by atoms with Gasteiger partial charge in [-0.25, -0.2) is 8.42 Å². The van der Waals surface area contributed by atoms with Crippen molar-refractivity contribution in [2.45, 2.75) is 44.0 Å². The van der Waals surface area contributed by atoms with E-state index in [2.05, 4.69) is 11.8 Å². The Balaban J connectivity index is 2.33. The minimum absolute atomic E-state index is 0.170. The number of sulfonamides is 1. The van der Waals surface area contributed by atoms with Gasteiger partial charge in [-0.1, -0.05) is 18.8 Å². The molecule has 5 heteroatoms. The molecule has 1 N–H and O–H groups in total. The van der Waals surface area contributed by atoms with E-state index in [-0.39, 0.29) is 12.6 Å². The normalized spacial score (nSPS) is 14.9. The highest BCUT2D eigenvalue weighted by molar-refractivity contribution is 7.89. The minimum Gasteiger partial charge on any atom is -0.384 e. The third-order valence-electron chi connectivity index (χ3n) is 3.50. The van der Waals surface area contributed by atoms with E-state index in [1.165, 1.54) is 0 Å². The molecule has 0 aromatic heterocycles. The first-order chi connectivity index (χ1) is 10.0. The zero-order valence-corrected chi connectivity index (χ0v) is 13.3. The van der Waals surface area contributed by atoms with Crippen molar-refractivity contribution in [2.24, 2.45) is 0 Å². The Hall–Kier alpha value is -1.35. The van der Waals surface area contributed by atoms with Gasteiger partial charge in [0.25, 0.3) is 0 Å². The van der Waals surface area contributed by atoms with Crippen molar-refractivity contribution in [3.63, 3.8) is 0 Å². The first kappa shape index (κ1) is 16.0. The van der Waals surface area contributed by atoms with Crippen molar-refractivity contribution in [1.29, 1.82) is 0 Å². The third-order valence-corrected chi connectivity index (χ3v) is 5.45. The van der Waals surface area contributed by atoms with Gasteiger partial charge in [-0.15, -0.1) is 0 Å². The maximum Gasteiger partial charge on any atom is 0.243 e. The number of hydrogen-bond donors (Lipinski definition) is 1. The van der Waals surface area contributed by atoms with E-state index >= 15 is 0 Å². The van der Waals surface area contributed by atoms with Gasteiger partial charge in [-0.3, -0.25) is 0 Å². The summed E-state index contributed by atoms with van der Waals surface area (Å²) in [4.78, 5) is 0.329. The highest BCUT2D eigenvalue weighted by Crippen LogP contribution is 2.32. The average Bonchev–Trinajstić information content (AvgIpc) is 3.27. The molecule has 0 unspecified atom stereocenters. The molecular formula is C16H21NO3S. The standard InChI is InChI=1S/C16H21NO3S/c1-3-10-17(15-7-8-15)21(19,20)16-9-6-14(5-4-11-18)13(2)12-16/h6,9,12,15,18H,3,7-8,10-11H2,1-2H3. The van der Waals surface area contributed by atoms with Crippen LogP contribution in [0.5, 0.6) is 0 Å². The van der Waals surface area contributed by atoms with Crippen LogP contribution in [-0.4, -0.2) is 37.0 Å². The van der Waals surface area contributed by atoms with Crippen LogP contribution in [0.4, 0.5) is 0 Å². The van der Waals surface area contributed by atoms with Gasteiger partial charge in [0.05, 0.1) is 4.90 Å². The Morgan fingerprint density at radius 3 is 2.62 bits per heavy atom. The number of aryl methyl sites for hydroxylation is 1. The van der Waals surface area contributed by atoms with E-state index in [1.807, 2.05) is 13.8 Å².